The Morgan fingerprint density at radius 2 is 2.04 bits per heavy atom. The molecule has 0 bridgehead atoms. The summed E-state index contributed by atoms with van der Waals surface area (Å²) in [6.45, 7) is 7.74. The summed E-state index contributed by atoms with van der Waals surface area (Å²) in [5.41, 5.74) is 3.17. The SMILES string of the molecule is COC[C@@H]1CN(Cc2ccsc2)CC12CCN(Cc1ccoc1)CC2. The number of hydrogen-bond acceptors (Lipinski definition) is 5. The van der Waals surface area contributed by atoms with Crippen molar-refractivity contribution in [3.8, 4) is 0 Å². The maximum atomic E-state index is 5.60. The Morgan fingerprint density at radius 3 is 2.72 bits per heavy atom. The number of piperidine rings is 1. The second kappa shape index (κ2) is 7.62. The minimum atomic E-state index is 0.429. The van der Waals surface area contributed by atoms with Gasteiger partial charge in [0.25, 0.3) is 0 Å². The maximum absolute atomic E-state index is 5.60. The highest BCUT2D eigenvalue weighted by Crippen LogP contribution is 2.45. The van der Waals surface area contributed by atoms with Crippen molar-refractivity contribution < 1.29 is 9.15 Å². The van der Waals surface area contributed by atoms with Crippen molar-refractivity contribution in [1.82, 2.24) is 9.80 Å². The van der Waals surface area contributed by atoms with E-state index in [1.165, 1.54) is 50.1 Å². The van der Waals surface area contributed by atoms with E-state index >= 15 is 0 Å². The van der Waals surface area contributed by atoms with Crippen LogP contribution in [0.4, 0.5) is 0 Å². The molecule has 2 fully saturated rings. The van der Waals surface area contributed by atoms with Crippen molar-refractivity contribution in [2.75, 3.05) is 39.9 Å². The first-order valence-electron chi connectivity index (χ1n) is 9.23. The van der Waals surface area contributed by atoms with Crippen molar-refractivity contribution in [2.45, 2.75) is 25.9 Å². The number of thiophene rings is 1. The molecule has 2 aliphatic heterocycles. The molecule has 2 aromatic rings. The smallest absolute Gasteiger partial charge is 0.0947 e. The van der Waals surface area contributed by atoms with Gasteiger partial charge < -0.3 is 9.15 Å². The predicted molar refractivity (Wildman–Crippen MR) is 101 cm³/mol. The highest BCUT2D eigenvalue weighted by atomic mass is 32.1. The van der Waals surface area contributed by atoms with Crippen molar-refractivity contribution in [1.29, 1.82) is 0 Å². The van der Waals surface area contributed by atoms with E-state index < -0.39 is 0 Å². The highest BCUT2D eigenvalue weighted by Gasteiger charge is 2.47. The molecule has 4 heterocycles. The summed E-state index contributed by atoms with van der Waals surface area (Å²) in [7, 11) is 1.85. The lowest BCUT2D eigenvalue weighted by Crippen LogP contribution is -2.44. The number of methoxy groups -OCH3 is 1. The summed E-state index contributed by atoms with van der Waals surface area (Å²) in [6.07, 6.45) is 6.20. The number of furan rings is 1. The van der Waals surface area contributed by atoms with Crippen LogP contribution in [-0.2, 0) is 17.8 Å². The fourth-order valence-corrected chi connectivity index (χ4v) is 5.36. The second-order valence-electron chi connectivity index (χ2n) is 7.72. The summed E-state index contributed by atoms with van der Waals surface area (Å²) in [5, 5.41) is 4.46. The van der Waals surface area contributed by atoms with Gasteiger partial charge in [0.2, 0.25) is 0 Å². The van der Waals surface area contributed by atoms with Crippen LogP contribution >= 0.6 is 11.3 Å². The van der Waals surface area contributed by atoms with E-state index in [1.807, 2.05) is 13.4 Å². The largest absolute Gasteiger partial charge is 0.472 e. The molecule has 0 N–H and O–H groups in total. The zero-order valence-corrected chi connectivity index (χ0v) is 15.8. The molecule has 2 aliphatic rings. The molecule has 25 heavy (non-hydrogen) atoms. The van der Waals surface area contributed by atoms with Gasteiger partial charge in [-0.05, 0) is 59.8 Å². The number of ether oxygens (including phenoxy) is 1. The third kappa shape index (κ3) is 3.85. The van der Waals surface area contributed by atoms with Crippen LogP contribution in [-0.4, -0.2) is 49.7 Å². The van der Waals surface area contributed by atoms with Gasteiger partial charge in [0.15, 0.2) is 0 Å². The van der Waals surface area contributed by atoms with Gasteiger partial charge in [-0.2, -0.15) is 11.3 Å². The first-order valence-corrected chi connectivity index (χ1v) is 10.2. The average molecular weight is 361 g/mol. The topological polar surface area (TPSA) is 28.9 Å². The van der Waals surface area contributed by atoms with Crippen molar-refractivity contribution in [3.63, 3.8) is 0 Å². The predicted octanol–water partition coefficient (Wildman–Crippen LogP) is 3.70. The van der Waals surface area contributed by atoms with Crippen molar-refractivity contribution in [2.24, 2.45) is 11.3 Å². The van der Waals surface area contributed by atoms with Gasteiger partial charge in [-0.15, -0.1) is 0 Å². The molecule has 1 atom stereocenters. The van der Waals surface area contributed by atoms with E-state index in [0.29, 0.717) is 11.3 Å². The van der Waals surface area contributed by atoms with Crippen LogP contribution in [0.1, 0.15) is 24.0 Å². The molecule has 136 valence electrons. The van der Waals surface area contributed by atoms with Crippen molar-refractivity contribution in [3.05, 3.63) is 46.5 Å². The Kier molecular flexibility index (Phi) is 5.27. The minimum absolute atomic E-state index is 0.429. The lowest BCUT2D eigenvalue weighted by Gasteiger charge is -2.42. The Labute approximate surface area is 154 Å². The van der Waals surface area contributed by atoms with Gasteiger partial charge in [-0.1, -0.05) is 0 Å². The zero-order chi connectivity index (χ0) is 17.1. The molecule has 0 saturated carbocycles. The fourth-order valence-electron chi connectivity index (χ4n) is 4.70. The molecule has 0 amide bonds. The van der Waals surface area contributed by atoms with E-state index in [4.69, 9.17) is 9.15 Å². The first-order chi connectivity index (χ1) is 12.3. The third-order valence-corrected chi connectivity index (χ3v) is 6.81. The molecule has 1 spiro atoms. The molecule has 4 nitrogen and oxygen atoms in total. The van der Waals surface area contributed by atoms with Crippen LogP contribution in [0.15, 0.2) is 39.8 Å². The first kappa shape index (κ1) is 17.3. The van der Waals surface area contributed by atoms with Crippen LogP contribution in [0.3, 0.4) is 0 Å². The Balaban J connectivity index is 1.38. The molecule has 5 heteroatoms. The molecular formula is C20H28N2O2S. The third-order valence-electron chi connectivity index (χ3n) is 6.08. The summed E-state index contributed by atoms with van der Waals surface area (Å²) >= 11 is 1.80. The summed E-state index contributed by atoms with van der Waals surface area (Å²) < 4.78 is 10.8. The number of rotatable bonds is 6. The van der Waals surface area contributed by atoms with Gasteiger partial charge in [-0.3, -0.25) is 9.80 Å². The molecule has 0 unspecified atom stereocenters. The van der Waals surface area contributed by atoms with Crippen molar-refractivity contribution >= 4 is 11.3 Å². The van der Waals surface area contributed by atoms with Crippen LogP contribution in [0.5, 0.6) is 0 Å². The molecule has 2 aromatic heterocycles. The van der Waals surface area contributed by atoms with E-state index in [9.17, 15) is 0 Å². The monoisotopic (exact) mass is 360 g/mol. The standard InChI is InChI=1S/C20H28N2O2S/c1-23-14-19-12-22(11-18-3-9-25-15-18)16-20(19)4-6-21(7-5-20)10-17-2-8-24-13-17/h2-3,8-9,13,15,19H,4-7,10-12,14,16H2,1H3/t19-/m0/s1. The van der Waals surface area contributed by atoms with Gasteiger partial charge in [0.05, 0.1) is 19.1 Å². The molecule has 4 rings (SSSR count). The van der Waals surface area contributed by atoms with Crippen LogP contribution in [0.25, 0.3) is 0 Å². The van der Waals surface area contributed by atoms with Crippen LogP contribution in [0, 0.1) is 11.3 Å². The normalized spacial score (nSPS) is 24.3. The van der Waals surface area contributed by atoms with E-state index in [0.717, 1.165) is 19.7 Å². The number of nitrogens with zero attached hydrogens (tertiary/aromatic N) is 2. The van der Waals surface area contributed by atoms with Gasteiger partial charge >= 0.3 is 0 Å². The molecule has 0 aromatic carbocycles. The zero-order valence-electron chi connectivity index (χ0n) is 15.0. The maximum Gasteiger partial charge on any atom is 0.0947 e. The number of hydrogen-bond donors (Lipinski definition) is 0. The number of likely N-dealkylation sites (tertiary alicyclic amines) is 2. The highest BCUT2D eigenvalue weighted by molar-refractivity contribution is 7.07. The van der Waals surface area contributed by atoms with E-state index in [2.05, 4.69) is 32.7 Å². The average Bonchev–Trinajstić information content (AvgIpc) is 3.34. The molecule has 0 radical (unpaired) electrons. The lowest BCUT2D eigenvalue weighted by molar-refractivity contribution is 0.0350. The van der Waals surface area contributed by atoms with Crippen LogP contribution < -0.4 is 0 Å². The summed E-state index contributed by atoms with van der Waals surface area (Å²) in [6, 6.07) is 4.34. The molecule has 0 aliphatic carbocycles. The Morgan fingerprint density at radius 1 is 1.20 bits per heavy atom. The fraction of sp³-hybridized carbons (Fsp3) is 0.600. The van der Waals surface area contributed by atoms with E-state index in [-0.39, 0.29) is 0 Å². The molecular weight excluding hydrogens is 332 g/mol. The molecule has 2 saturated heterocycles. The summed E-state index contributed by atoms with van der Waals surface area (Å²) in [4.78, 5) is 5.22. The quantitative estimate of drug-likeness (QED) is 0.785. The van der Waals surface area contributed by atoms with Crippen LogP contribution in [0.2, 0.25) is 0 Å². The van der Waals surface area contributed by atoms with Gasteiger partial charge in [0.1, 0.15) is 0 Å². The lowest BCUT2D eigenvalue weighted by atomic mass is 9.71. The van der Waals surface area contributed by atoms with Gasteiger partial charge in [0, 0.05) is 44.8 Å². The summed E-state index contributed by atoms with van der Waals surface area (Å²) in [5.74, 6) is 0.659. The van der Waals surface area contributed by atoms with Gasteiger partial charge in [-0.25, -0.2) is 0 Å². The van der Waals surface area contributed by atoms with E-state index in [1.54, 1.807) is 17.6 Å². The Hall–Kier alpha value is -1.14. The minimum Gasteiger partial charge on any atom is -0.472 e. The second-order valence-corrected chi connectivity index (χ2v) is 8.50. The Bertz CT molecular complexity index is 633.